The van der Waals surface area contributed by atoms with Gasteiger partial charge in [0.2, 0.25) is 5.91 Å². The van der Waals surface area contributed by atoms with Gasteiger partial charge in [0.1, 0.15) is 5.75 Å². The average Bonchev–Trinajstić information content (AvgIpc) is 2.99. The largest absolute Gasteiger partial charge is 0.496 e. The summed E-state index contributed by atoms with van der Waals surface area (Å²) in [5.74, 6) is 3.46. The molecule has 0 radical (unpaired) electrons. The Kier molecular flexibility index (Phi) is 5.21. The highest BCUT2D eigenvalue weighted by molar-refractivity contribution is 5.88. The second kappa shape index (κ2) is 7.59. The Labute approximate surface area is 157 Å². The Balaban J connectivity index is 1.41. The molecule has 142 valence electrons. The normalized spacial score (nSPS) is 29.5. The van der Waals surface area contributed by atoms with Crippen molar-refractivity contribution in [2.45, 2.75) is 63.8 Å². The number of amides is 1. The summed E-state index contributed by atoms with van der Waals surface area (Å²) in [7, 11) is 1.74. The molecule has 3 aliphatic rings. The van der Waals surface area contributed by atoms with E-state index < -0.39 is 0 Å². The van der Waals surface area contributed by atoms with Crippen LogP contribution in [0, 0.1) is 11.8 Å². The van der Waals surface area contributed by atoms with Crippen LogP contribution in [0.2, 0.25) is 0 Å². The van der Waals surface area contributed by atoms with Gasteiger partial charge in [-0.1, -0.05) is 12.8 Å². The first kappa shape index (κ1) is 17.8. The van der Waals surface area contributed by atoms with Crippen molar-refractivity contribution in [1.82, 2.24) is 4.90 Å². The lowest BCUT2D eigenvalue weighted by Gasteiger charge is -2.41. The number of benzene rings is 1. The van der Waals surface area contributed by atoms with Crippen molar-refractivity contribution in [3.8, 4) is 5.75 Å². The molecule has 4 nitrogen and oxygen atoms in total. The third kappa shape index (κ3) is 3.75. The van der Waals surface area contributed by atoms with Crippen molar-refractivity contribution in [2.75, 3.05) is 25.5 Å². The number of rotatable bonds is 4. The Morgan fingerprint density at radius 3 is 2.38 bits per heavy atom. The monoisotopic (exact) mass is 356 g/mol. The number of nitrogens with one attached hydrogen (secondary N) is 1. The maximum atomic E-state index is 11.4. The molecule has 0 aromatic heterocycles. The second-order valence-electron chi connectivity index (χ2n) is 8.62. The quantitative estimate of drug-likeness (QED) is 0.869. The van der Waals surface area contributed by atoms with Crippen molar-refractivity contribution >= 4 is 11.6 Å². The summed E-state index contributed by atoms with van der Waals surface area (Å²) in [5, 5.41) is 2.91. The number of carbonyl (C=O) groups is 1. The number of likely N-dealkylation sites (tertiary alicyclic amines) is 1. The van der Waals surface area contributed by atoms with E-state index in [-0.39, 0.29) is 5.91 Å². The number of hydrogen-bond acceptors (Lipinski definition) is 3. The van der Waals surface area contributed by atoms with E-state index in [9.17, 15) is 4.79 Å². The molecule has 2 aliphatic carbocycles. The first-order valence-corrected chi connectivity index (χ1v) is 10.3. The number of fused-ring (bicyclic) bond motifs is 2. The summed E-state index contributed by atoms with van der Waals surface area (Å²) >= 11 is 0. The van der Waals surface area contributed by atoms with E-state index in [1.807, 2.05) is 12.1 Å². The molecule has 0 spiro atoms. The Morgan fingerprint density at radius 1 is 1.08 bits per heavy atom. The van der Waals surface area contributed by atoms with Crippen LogP contribution in [-0.4, -0.2) is 37.0 Å². The number of ether oxygens (including phenoxy) is 1. The Hall–Kier alpha value is -1.55. The molecule has 1 heterocycles. The SMILES string of the molecule is COc1ccc(NC(C)=O)cc1C1CCN(C2C[C@H]3CC[C@H](C2)C3)CC1. The summed E-state index contributed by atoms with van der Waals surface area (Å²) in [6.45, 7) is 3.95. The van der Waals surface area contributed by atoms with Crippen LogP contribution in [0.3, 0.4) is 0 Å². The molecule has 0 unspecified atom stereocenters. The third-order valence-corrected chi connectivity index (χ3v) is 6.90. The van der Waals surface area contributed by atoms with Crippen LogP contribution in [0.25, 0.3) is 0 Å². The lowest BCUT2D eigenvalue weighted by molar-refractivity contribution is -0.114. The highest BCUT2D eigenvalue weighted by Crippen LogP contribution is 2.45. The number of piperidine rings is 1. The van der Waals surface area contributed by atoms with Gasteiger partial charge in [-0.2, -0.15) is 0 Å². The van der Waals surface area contributed by atoms with Gasteiger partial charge in [-0.05, 0) is 86.7 Å². The van der Waals surface area contributed by atoms with Gasteiger partial charge in [0.05, 0.1) is 7.11 Å². The number of carbonyl (C=O) groups excluding carboxylic acids is 1. The fourth-order valence-electron chi connectivity index (χ4n) is 5.68. The van der Waals surface area contributed by atoms with Crippen LogP contribution in [0.4, 0.5) is 5.69 Å². The molecular weight excluding hydrogens is 324 g/mol. The van der Waals surface area contributed by atoms with Crippen LogP contribution in [-0.2, 0) is 4.79 Å². The van der Waals surface area contributed by atoms with Crippen molar-refractivity contribution in [1.29, 1.82) is 0 Å². The summed E-state index contributed by atoms with van der Waals surface area (Å²) in [4.78, 5) is 14.2. The fourth-order valence-corrected chi connectivity index (χ4v) is 5.68. The molecule has 1 amide bonds. The molecule has 1 N–H and O–H groups in total. The van der Waals surface area contributed by atoms with Crippen LogP contribution in [0.15, 0.2) is 18.2 Å². The predicted octanol–water partition coefficient (Wildman–Crippen LogP) is 4.41. The van der Waals surface area contributed by atoms with E-state index in [2.05, 4.69) is 16.3 Å². The molecule has 2 atom stereocenters. The first-order valence-electron chi connectivity index (χ1n) is 10.3. The van der Waals surface area contributed by atoms with Gasteiger partial charge < -0.3 is 15.0 Å². The number of methoxy groups -OCH3 is 1. The van der Waals surface area contributed by atoms with Crippen LogP contribution < -0.4 is 10.1 Å². The second-order valence-corrected chi connectivity index (χ2v) is 8.62. The van der Waals surface area contributed by atoms with Gasteiger partial charge in [0.15, 0.2) is 0 Å². The summed E-state index contributed by atoms with van der Waals surface area (Å²) in [6.07, 6.45) is 9.69. The van der Waals surface area contributed by atoms with Gasteiger partial charge in [0.25, 0.3) is 0 Å². The van der Waals surface area contributed by atoms with Crippen molar-refractivity contribution in [2.24, 2.45) is 11.8 Å². The lowest BCUT2D eigenvalue weighted by Crippen LogP contribution is -2.43. The highest BCUT2D eigenvalue weighted by atomic mass is 16.5. The minimum absolute atomic E-state index is 0.0251. The first-order chi connectivity index (χ1) is 12.6. The highest BCUT2D eigenvalue weighted by Gasteiger charge is 2.37. The average molecular weight is 357 g/mol. The van der Waals surface area contributed by atoms with E-state index in [1.165, 1.54) is 63.6 Å². The van der Waals surface area contributed by atoms with Gasteiger partial charge in [-0.25, -0.2) is 0 Å². The van der Waals surface area contributed by atoms with Gasteiger partial charge in [-0.15, -0.1) is 0 Å². The van der Waals surface area contributed by atoms with Crippen molar-refractivity contribution in [3.05, 3.63) is 23.8 Å². The van der Waals surface area contributed by atoms with Gasteiger partial charge >= 0.3 is 0 Å². The summed E-state index contributed by atoms with van der Waals surface area (Å²) < 4.78 is 5.61. The minimum Gasteiger partial charge on any atom is -0.496 e. The zero-order valence-electron chi connectivity index (χ0n) is 16.2. The Bertz CT molecular complexity index is 640. The molecule has 1 aromatic carbocycles. The smallest absolute Gasteiger partial charge is 0.221 e. The van der Waals surface area contributed by atoms with Gasteiger partial charge in [-0.3, -0.25) is 4.79 Å². The minimum atomic E-state index is -0.0251. The van der Waals surface area contributed by atoms with Gasteiger partial charge in [0, 0.05) is 18.7 Å². The van der Waals surface area contributed by atoms with E-state index >= 15 is 0 Å². The molecule has 2 bridgehead atoms. The topological polar surface area (TPSA) is 41.6 Å². The third-order valence-electron chi connectivity index (χ3n) is 6.90. The number of anilines is 1. The molecule has 1 aromatic rings. The molecule has 4 rings (SSSR count). The molecule has 1 aliphatic heterocycles. The summed E-state index contributed by atoms with van der Waals surface area (Å²) in [5.41, 5.74) is 2.13. The fraction of sp³-hybridized carbons (Fsp3) is 0.682. The Morgan fingerprint density at radius 2 is 1.77 bits per heavy atom. The molecule has 2 saturated carbocycles. The predicted molar refractivity (Wildman–Crippen MR) is 105 cm³/mol. The van der Waals surface area contributed by atoms with E-state index in [1.54, 1.807) is 14.0 Å². The molecular formula is C22H32N2O2. The molecule has 26 heavy (non-hydrogen) atoms. The van der Waals surface area contributed by atoms with E-state index in [0.29, 0.717) is 5.92 Å². The zero-order valence-corrected chi connectivity index (χ0v) is 16.2. The van der Waals surface area contributed by atoms with E-state index in [0.717, 1.165) is 29.3 Å². The van der Waals surface area contributed by atoms with Crippen LogP contribution >= 0.6 is 0 Å². The van der Waals surface area contributed by atoms with Crippen molar-refractivity contribution < 1.29 is 9.53 Å². The molecule has 1 saturated heterocycles. The van der Waals surface area contributed by atoms with E-state index in [4.69, 9.17) is 4.74 Å². The maximum Gasteiger partial charge on any atom is 0.221 e. The molecule has 4 heteroatoms. The van der Waals surface area contributed by atoms with Crippen molar-refractivity contribution in [3.63, 3.8) is 0 Å². The summed E-state index contributed by atoms with van der Waals surface area (Å²) in [6, 6.07) is 6.86. The van der Waals surface area contributed by atoms with Crippen LogP contribution in [0.5, 0.6) is 5.75 Å². The molecule has 3 fully saturated rings. The maximum absolute atomic E-state index is 11.4. The van der Waals surface area contributed by atoms with Crippen LogP contribution in [0.1, 0.15) is 63.4 Å². The zero-order chi connectivity index (χ0) is 18.1. The number of hydrogen-bond donors (Lipinski definition) is 1. The lowest BCUT2D eigenvalue weighted by atomic mass is 9.82. The number of nitrogens with zero attached hydrogens (tertiary/aromatic N) is 1. The standard InChI is InChI=1S/C22H32N2O2/c1-15(25)23-19-5-6-22(26-2)21(14-19)18-7-9-24(10-8-18)20-12-16-3-4-17(11-16)13-20/h5-6,14,16-18,20H,3-4,7-13H2,1-2H3,(H,23,25)/t16-,17-/m0/s1.